The molecule has 3 atom stereocenters. The first-order valence-corrected chi connectivity index (χ1v) is 13.3. The van der Waals surface area contributed by atoms with E-state index in [4.69, 9.17) is 4.98 Å². The van der Waals surface area contributed by atoms with Crippen LogP contribution in [0.3, 0.4) is 0 Å². The maximum atomic E-state index is 14.0. The van der Waals surface area contributed by atoms with Crippen LogP contribution in [0.2, 0.25) is 0 Å². The summed E-state index contributed by atoms with van der Waals surface area (Å²) in [6.45, 7) is 5.51. The highest BCUT2D eigenvalue weighted by atomic mass is 16.2. The summed E-state index contributed by atoms with van der Waals surface area (Å²) < 4.78 is 2.08. The Morgan fingerprint density at radius 2 is 1.97 bits per heavy atom. The summed E-state index contributed by atoms with van der Waals surface area (Å²) in [7, 11) is 2.15. The molecule has 1 N–H and O–H groups in total. The molecule has 0 saturated carbocycles. The van der Waals surface area contributed by atoms with Crippen LogP contribution in [-0.2, 0) is 30.7 Å². The fourth-order valence-corrected chi connectivity index (χ4v) is 6.16. The van der Waals surface area contributed by atoms with E-state index in [0.717, 1.165) is 55.8 Å². The number of hydrogen-bond acceptors (Lipinski definition) is 6. The maximum Gasteiger partial charge on any atom is 0.227 e. The molecule has 1 fully saturated rings. The van der Waals surface area contributed by atoms with Gasteiger partial charge in [0, 0.05) is 37.2 Å². The molecule has 0 aliphatic carbocycles. The normalized spacial score (nSPS) is 24.2. The van der Waals surface area contributed by atoms with Crippen LogP contribution in [0.1, 0.15) is 54.6 Å². The van der Waals surface area contributed by atoms with Gasteiger partial charge in [-0.15, -0.1) is 0 Å². The molecule has 3 aliphatic rings. The third-order valence-electron chi connectivity index (χ3n) is 8.19. The fourth-order valence-electron chi connectivity index (χ4n) is 6.16. The second-order valence-electron chi connectivity index (χ2n) is 10.7. The van der Waals surface area contributed by atoms with Crippen LogP contribution < -0.4 is 5.32 Å². The summed E-state index contributed by atoms with van der Waals surface area (Å²) in [5.41, 5.74) is 5.55. The highest BCUT2D eigenvalue weighted by Crippen LogP contribution is 2.35. The van der Waals surface area contributed by atoms with Crippen LogP contribution in [0.25, 0.3) is 0 Å². The molecule has 5 heterocycles. The topological polar surface area (TPSA) is 79.2 Å². The SMILES string of the molecule is C[C@@H]1Cc2cnc(Nc3cnn4c3CCCC4)nc2CN1C(=O)[C@H]1CCN(C)C[C@@H]1c1ccccc1. The molecule has 1 saturated heterocycles. The number of hydrogen-bond donors (Lipinski definition) is 1. The summed E-state index contributed by atoms with van der Waals surface area (Å²) in [6.07, 6.45) is 8.86. The lowest BCUT2D eigenvalue weighted by Crippen LogP contribution is -2.50. The standard InChI is InChI=1S/C28H35N7O/c1-19-14-21-15-29-28(31-24-16-30-35-12-7-6-10-26(24)35)32-25(21)18-34(19)27(36)22-11-13-33(2)17-23(22)20-8-4-3-5-9-20/h3-5,8-9,15-16,19,22-23H,6-7,10-14,17-18H2,1-2H3,(H,29,31,32)/t19-,22+,23-/m1/s1. The molecule has 3 aliphatic heterocycles. The monoisotopic (exact) mass is 485 g/mol. The Morgan fingerprint density at radius 3 is 2.83 bits per heavy atom. The number of carbonyl (C=O) groups is 1. The van der Waals surface area contributed by atoms with E-state index >= 15 is 0 Å². The molecule has 8 heteroatoms. The van der Waals surface area contributed by atoms with Gasteiger partial charge in [-0.3, -0.25) is 9.48 Å². The minimum Gasteiger partial charge on any atom is -0.333 e. The Hall–Kier alpha value is -3.26. The van der Waals surface area contributed by atoms with Crippen LogP contribution in [0.4, 0.5) is 11.6 Å². The largest absolute Gasteiger partial charge is 0.333 e. The number of likely N-dealkylation sites (tertiary alicyclic amines) is 1. The number of aryl methyl sites for hydroxylation is 1. The van der Waals surface area contributed by atoms with Crippen molar-refractivity contribution in [2.75, 3.05) is 25.5 Å². The van der Waals surface area contributed by atoms with E-state index in [0.29, 0.717) is 12.5 Å². The molecule has 8 nitrogen and oxygen atoms in total. The van der Waals surface area contributed by atoms with E-state index in [9.17, 15) is 4.79 Å². The van der Waals surface area contributed by atoms with Gasteiger partial charge in [-0.05, 0) is 63.7 Å². The van der Waals surface area contributed by atoms with Gasteiger partial charge in [0.1, 0.15) is 0 Å². The van der Waals surface area contributed by atoms with E-state index in [2.05, 4.69) is 68.1 Å². The molecule has 36 heavy (non-hydrogen) atoms. The minimum atomic E-state index is -0.00836. The summed E-state index contributed by atoms with van der Waals surface area (Å²) in [5, 5.41) is 7.92. The molecule has 2 aromatic heterocycles. The van der Waals surface area contributed by atoms with Crippen molar-refractivity contribution in [3.8, 4) is 0 Å². The molecule has 1 amide bonds. The van der Waals surface area contributed by atoms with Crippen molar-refractivity contribution in [2.24, 2.45) is 5.92 Å². The zero-order chi connectivity index (χ0) is 24.6. The van der Waals surface area contributed by atoms with E-state index in [1.807, 2.05) is 18.5 Å². The Labute approximate surface area is 212 Å². The average Bonchev–Trinajstić information content (AvgIpc) is 3.31. The van der Waals surface area contributed by atoms with Crippen molar-refractivity contribution < 1.29 is 4.79 Å². The zero-order valence-electron chi connectivity index (χ0n) is 21.2. The first-order chi connectivity index (χ1) is 17.6. The number of rotatable bonds is 4. The van der Waals surface area contributed by atoms with Gasteiger partial charge < -0.3 is 15.1 Å². The Bertz CT molecular complexity index is 1240. The van der Waals surface area contributed by atoms with Gasteiger partial charge in [-0.2, -0.15) is 5.10 Å². The predicted octanol–water partition coefficient (Wildman–Crippen LogP) is 3.76. The first kappa shape index (κ1) is 23.2. The third-order valence-corrected chi connectivity index (χ3v) is 8.19. The summed E-state index contributed by atoms with van der Waals surface area (Å²) >= 11 is 0. The van der Waals surface area contributed by atoms with Crippen LogP contribution in [0, 0.1) is 5.92 Å². The van der Waals surface area contributed by atoms with Gasteiger partial charge in [0.25, 0.3) is 0 Å². The zero-order valence-corrected chi connectivity index (χ0v) is 21.2. The van der Waals surface area contributed by atoms with Gasteiger partial charge in [-0.25, -0.2) is 9.97 Å². The number of piperidine rings is 1. The number of fused-ring (bicyclic) bond motifs is 2. The Balaban J connectivity index is 1.22. The molecule has 188 valence electrons. The lowest BCUT2D eigenvalue weighted by Gasteiger charge is -2.42. The van der Waals surface area contributed by atoms with Crippen LogP contribution in [0.5, 0.6) is 0 Å². The number of carbonyl (C=O) groups excluding carboxylic acids is 1. The van der Waals surface area contributed by atoms with Gasteiger partial charge in [-0.1, -0.05) is 30.3 Å². The van der Waals surface area contributed by atoms with Crippen molar-refractivity contribution in [1.29, 1.82) is 0 Å². The molecule has 0 spiro atoms. The summed E-state index contributed by atoms with van der Waals surface area (Å²) in [6, 6.07) is 10.7. The smallest absolute Gasteiger partial charge is 0.227 e. The molecule has 0 radical (unpaired) electrons. The van der Waals surface area contributed by atoms with Crippen molar-refractivity contribution >= 4 is 17.5 Å². The van der Waals surface area contributed by atoms with Gasteiger partial charge in [0.2, 0.25) is 11.9 Å². The maximum absolute atomic E-state index is 14.0. The first-order valence-electron chi connectivity index (χ1n) is 13.3. The van der Waals surface area contributed by atoms with Crippen molar-refractivity contribution in [1.82, 2.24) is 29.5 Å². The van der Waals surface area contributed by atoms with Crippen LogP contribution in [0.15, 0.2) is 42.7 Å². The van der Waals surface area contributed by atoms with Crippen molar-refractivity contribution in [3.63, 3.8) is 0 Å². The molecule has 6 rings (SSSR count). The number of nitrogens with one attached hydrogen (secondary N) is 1. The van der Waals surface area contributed by atoms with Crippen molar-refractivity contribution in [2.45, 2.75) is 64.1 Å². The highest BCUT2D eigenvalue weighted by molar-refractivity contribution is 5.81. The quantitative estimate of drug-likeness (QED) is 0.606. The fraction of sp³-hybridized carbons (Fsp3) is 0.500. The van der Waals surface area contributed by atoms with Crippen LogP contribution in [-0.4, -0.2) is 61.6 Å². The van der Waals surface area contributed by atoms with Gasteiger partial charge in [0.15, 0.2) is 0 Å². The number of anilines is 2. The van der Waals surface area contributed by atoms with E-state index in [1.165, 1.54) is 24.1 Å². The average molecular weight is 486 g/mol. The number of aromatic nitrogens is 4. The molecular formula is C28H35N7O. The van der Waals surface area contributed by atoms with Gasteiger partial charge in [0.05, 0.1) is 29.8 Å². The van der Waals surface area contributed by atoms with Gasteiger partial charge >= 0.3 is 0 Å². The van der Waals surface area contributed by atoms with E-state index < -0.39 is 0 Å². The second-order valence-corrected chi connectivity index (χ2v) is 10.7. The third kappa shape index (κ3) is 4.39. The number of likely N-dealkylation sites (N-methyl/N-ethyl adjacent to an activating group) is 1. The molecular weight excluding hydrogens is 450 g/mol. The van der Waals surface area contributed by atoms with E-state index in [1.54, 1.807) is 0 Å². The molecule has 1 aromatic carbocycles. The number of nitrogens with zero attached hydrogens (tertiary/aromatic N) is 6. The molecule has 3 aromatic rings. The van der Waals surface area contributed by atoms with Crippen LogP contribution >= 0.6 is 0 Å². The highest BCUT2D eigenvalue weighted by Gasteiger charge is 2.39. The lowest BCUT2D eigenvalue weighted by molar-refractivity contribution is -0.141. The molecule has 0 unspecified atom stereocenters. The van der Waals surface area contributed by atoms with E-state index in [-0.39, 0.29) is 23.8 Å². The number of amides is 1. The lowest BCUT2D eigenvalue weighted by atomic mass is 9.79. The van der Waals surface area contributed by atoms with Crippen molar-refractivity contribution in [3.05, 3.63) is 65.2 Å². The summed E-state index contributed by atoms with van der Waals surface area (Å²) in [4.78, 5) is 27.9. The summed E-state index contributed by atoms with van der Waals surface area (Å²) in [5.74, 6) is 1.04. The minimum absolute atomic E-state index is 0.00836. The predicted molar refractivity (Wildman–Crippen MR) is 139 cm³/mol. The second kappa shape index (κ2) is 9.65. The Morgan fingerprint density at radius 1 is 1.11 bits per heavy atom. The molecule has 0 bridgehead atoms. The Kier molecular flexibility index (Phi) is 6.21. The number of benzene rings is 1.